The average Bonchev–Trinajstić information content (AvgIpc) is 2.36. The zero-order valence-electron chi connectivity index (χ0n) is 11.6. The number of amides is 1. The quantitative estimate of drug-likeness (QED) is 0.802. The summed E-state index contributed by atoms with van der Waals surface area (Å²) in [4.78, 5) is 24.2. The van der Waals surface area contributed by atoms with Crippen LogP contribution in [0.2, 0.25) is 0 Å². The molecule has 0 aromatic heterocycles. The number of benzene rings is 1. The van der Waals surface area contributed by atoms with E-state index >= 15 is 0 Å². The van der Waals surface area contributed by atoms with E-state index in [2.05, 4.69) is 5.32 Å². The lowest BCUT2D eigenvalue weighted by atomic mass is 10.2. The Labute approximate surface area is 117 Å². The number of aliphatic carboxylic acids is 1. The van der Waals surface area contributed by atoms with Crippen LogP contribution < -0.4 is 5.32 Å². The fourth-order valence-corrected chi connectivity index (χ4v) is 1.68. The molecule has 0 unspecified atom stereocenters. The van der Waals surface area contributed by atoms with E-state index in [0.717, 1.165) is 0 Å². The Balaban J connectivity index is 2.53. The van der Waals surface area contributed by atoms with Crippen LogP contribution in [0.3, 0.4) is 0 Å². The minimum atomic E-state index is -0.894. The van der Waals surface area contributed by atoms with E-state index in [1.165, 1.54) is 24.3 Å². The van der Waals surface area contributed by atoms with E-state index < -0.39 is 5.97 Å². The normalized spacial score (nSPS) is 10.8. The van der Waals surface area contributed by atoms with Gasteiger partial charge < -0.3 is 10.4 Å². The van der Waals surface area contributed by atoms with E-state index in [1.54, 1.807) is 4.90 Å². The van der Waals surface area contributed by atoms with Gasteiger partial charge in [0.15, 0.2) is 0 Å². The van der Waals surface area contributed by atoms with Gasteiger partial charge in [-0.15, -0.1) is 0 Å². The van der Waals surface area contributed by atoms with Gasteiger partial charge in [0.1, 0.15) is 5.82 Å². The van der Waals surface area contributed by atoms with Crippen LogP contribution in [0.25, 0.3) is 0 Å². The Kier molecular flexibility index (Phi) is 6.11. The third-order valence-corrected chi connectivity index (χ3v) is 2.82. The first kappa shape index (κ1) is 16.1. The molecule has 110 valence electrons. The minimum absolute atomic E-state index is 0.0119. The summed E-state index contributed by atoms with van der Waals surface area (Å²) in [5, 5.41) is 11.3. The van der Waals surface area contributed by atoms with Crippen LogP contribution in [0.1, 0.15) is 20.3 Å². The lowest BCUT2D eigenvalue weighted by Gasteiger charge is -2.25. The number of nitrogens with zero attached hydrogens (tertiary/aromatic N) is 1. The summed E-state index contributed by atoms with van der Waals surface area (Å²) >= 11 is 0. The largest absolute Gasteiger partial charge is 0.481 e. The van der Waals surface area contributed by atoms with Gasteiger partial charge in [0.05, 0.1) is 13.0 Å². The Morgan fingerprint density at radius 1 is 1.30 bits per heavy atom. The number of hydrogen-bond acceptors (Lipinski definition) is 3. The molecule has 1 aromatic rings. The summed E-state index contributed by atoms with van der Waals surface area (Å²) < 4.78 is 12.7. The standard InChI is InChI=1S/C14H19FN2O3/c1-10(2)17(8-7-14(19)20)9-13(18)16-12-5-3-11(15)4-6-12/h3-6,10H,7-9H2,1-2H3,(H,16,18)(H,19,20). The number of rotatable bonds is 7. The topological polar surface area (TPSA) is 69.6 Å². The predicted molar refractivity (Wildman–Crippen MR) is 74.0 cm³/mol. The van der Waals surface area contributed by atoms with Crippen LogP contribution in [0.4, 0.5) is 10.1 Å². The van der Waals surface area contributed by atoms with Crippen LogP contribution in [0, 0.1) is 5.82 Å². The molecule has 0 aliphatic carbocycles. The molecule has 0 aliphatic rings. The van der Waals surface area contributed by atoms with Gasteiger partial charge in [-0.05, 0) is 38.1 Å². The smallest absolute Gasteiger partial charge is 0.304 e. The highest BCUT2D eigenvalue weighted by atomic mass is 19.1. The molecule has 0 saturated carbocycles. The summed E-state index contributed by atoms with van der Waals surface area (Å²) in [6, 6.07) is 5.54. The summed E-state index contributed by atoms with van der Waals surface area (Å²) in [6.07, 6.45) is -0.0119. The molecule has 2 N–H and O–H groups in total. The number of halogens is 1. The first-order valence-electron chi connectivity index (χ1n) is 6.39. The second kappa shape index (κ2) is 7.59. The highest BCUT2D eigenvalue weighted by molar-refractivity contribution is 5.92. The SMILES string of the molecule is CC(C)N(CCC(=O)O)CC(=O)Nc1ccc(F)cc1. The summed E-state index contributed by atoms with van der Waals surface area (Å²) in [7, 11) is 0. The molecular weight excluding hydrogens is 263 g/mol. The van der Waals surface area contributed by atoms with Crippen molar-refractivity contribution >= 4 is 17.6 Å². The van der Waals surface area contributed by atoms with Crippen molar-refractivity contribution in [1.82, 2.24) is 4.90 Å². The van der Waals surface area contributed by atoms with Crippen molar-refractivity contribution in [3.63, 3.8) is 0 Å². The lowest BCUT2D eigenvalue weighted by molar-refractivity contribution is -0.137. The maximum atomic E-state index is 12.7. The number of nitrogens with one attached hydrogen (secondary N) is 1. The van der Waals surface area contributed by atoms with Gasteiger partial charge in [-0.2, -0.15) is 0 Å². The van der Waals surface area contributed by atoms with E-state index in [1.807, 2.05) is 13.8 Å². The molecule has 6 heteroatoms. The number of anilines is 1. The molecule has 0 saturated heterocycles. The molecule has 0 bridgehead atoms. The zero-order chi connectivity index (χ0) is 15.1. The Morgan fingerprint density at radius 2 is 1.90 bits per heavy atom. The number of carboxylic acid groups (broad SMARTS) is 1. The van der Waals surface area contributed by atoms with Gasteiger partial charge in [0.25, 0.3) is 0 Å². The maximum Gasteiger partial charge on any atom is 0.304 e. The molecule has 0 aliphatic heterocycles. The van der Waals surface area contributed by atoms with Crippen molar-refractivity contribution in [3.8, 4) is 0 Å². The van der Waals surface area contributed by atoms with E-state index in [9.17, 15) is 14.0 Å². The number of carbonyl (C=O) groups is 2. The number of hydrogen-bond donors (Lipinski definition) is 2. The Morgan fingerprint density at radius 3 is 2.40 bits per heavy atom. The van der Waals surface area contributed by atoms with Crippen LogP contribution in [-0.2, 0) is 9.59 Å². The van der Waals surface area contributed by atoms with Gasteiger partial charge in [-0.3, -0.25) is 14.5 Å². The Bertz CT molecular complexity index is 460. The van der Waals surface area contributed by atoms with Crippen molar-refractivity contribution in [2.45, 2.75) is 26.3 Å². The van der Waals surface area contributed by atoms with Crippen molar-refractivity contribution < 1.29 is 19.1 Å². The van der Waals surface area contributed by atoms with Crippen LogP contribution in [0.15, 0.2) is 24.3 Å². The maximum absolute atomic E-state index is 12.7. The lowest BCUT2D eigenvalue weighted by Crippen LogP contribution is -2.39. The van der Waals surface area contributed by atoms with Gasteiger partial charge in [0, 0.05) is 18.3 Å². The molecule has 1 aromatic carbocycles. The van der Waals surface area contributed by atoms with Crippen molar-refractivity contribution in [1.29, 1.82) is 0 Å². The van der Waals surface area contributed by atoms with Gasteiger partial charge >= 0.3 is 5.97 Å². The molecule has 0 spiro atoms. The molecule has 0 fully saturated rings. The highest BCUT2D eigenvalue weighted by Gasteiger charge is 2.15. The predicted octanol–water partition coefficient (Wildman–Crippen LogP) is 1.95. The van der Waals surface area contributed by atoms with Crippen LogP contribution >= 0.6 is 0 Å². The van der Waals surface area contributed by atoms with E-state index in [4.69, 9.17) is 5.11 Å². The number of carboxylic acids is 1. The van der Waals surface area contributed by atoms with Gasteiger partial charge in [-0.1, -0.05) is 0 Å². The second-order valence-electron chi connectivity index (χ2n) is 4.76. The van der Waals surface area contributed by atoms with Gasteiger partial charge in [0.2, 0.25) is 5.91 Å². The first-order chi connectivity index (χ1) is 9.38. The van der Waals surface area contributed by atoms with Crippen molar-refractivity contribution in [3.05, 3.63) is 30.1 Å². The Hall–Kier alpha value is -1.95. The van der Waals surface area contributed by atoms with Crippen LogP contribution in [-0.4, -0.2) is 41.0 Å². The van der Waals surface area contributed by atoms with E-state index in [0.29, 0.717) is 12.2 Å². The third-order valence-electron chi connectivity index (χ3n) is 2.82. The molecule has 5 nitrogen and oxygen atoms in total. The summed E-state index contributed by atoms with van der Waals surface area (Å²) in [6.45, 7) is 4.20. The molecule has 1 rings (SSSR count). The van der Waals surface area contributed by atoms with E-state index in [-0.39, 0.29) is 30.7 Å². The first-order valence-corrected chi connectivity index (χ1v) is 6.39. The average molecular weight is 282 g/mol. The fraction of sp³-hybridized carbons (Fsp3) is 0.429. The molecule has 0 heterocycles. The monoisotopic (exact) mass is 282 g/mol. The van der Waals surface area contributed by atoms with Crippen LogP contribution in [0.5, 0.6) is 0 Å². The van der Waals surface area contributed by atoms with Gasteiger partial charge in [-0.25, -0.2) is 4.39 Å². The fourth-order valence-electron chi connectivity index (χ4n) is 1.68. The molecule has 0 atom stereocenters. The molecule has 1 amide bonds. The molecule has 0 radical (unpaired) electrons. The summed E-state index contributed by atoms with van der Waals surface area (Å²) in [5.74, 6) is -1.52. The molecule has 20 heavy (non-hydrogen) atoms. The third kappa shape index (κ3) is 5.79. The summed E-state index contributed by atoms with van der Waals surface area (Å²) in [5.41, 5.74) is 0.512. The highest BCUT2D eigenvalue weighted by Crippen LogP contribution is 2.08. The van der Waals surface area contributed by atoms with Crippen molar-refractivity contribution in [2.24, 2.45) is 0 Å². The molecular formula is C14H19FN2O3. The number of carbonyl (C=O) groups excluding carboxylic acids is 1. The van der Waals surface area contributed by atoms with Crippen molar-refractivity contribution in [2.75, 3.05) is 18.4 Å². The second-order valence-corrected chi connectivity index (χ2v) is 4.76. The zero-order valence-corrected chi connectivity index (χ0v) is 11.6. The minimum Gasteiger partial charge on any atom is -0.481 e.